The Labute approximate surface area is 184 Å². The fourth-order valence-electron chi connectivity index (χ4n) is 3.36. The molecule has 5 nitrogen and oxygen atoms in total. The number of aromatic nitrogens is 1. The summed E-state index contributed by atoms with van der Waals surface area (Å²) < 4.78 is 0. The van der Waals surface area contributed by atoms with Gasteiger partial charge in [0.1, 0.15) is 0 Å². The third kappa shape index (κ3) is 4.08. The van der Waals surface area contributed by atoms with Crippen molar-refractivity contribution in [3.05, 3.63) is 58.7 Å². The molecule has 0 aliphatic heterocycles. The highest BCUT2D eigenvalue weighted by atomic mass is 35.5. The van der Waals surface area contributed by atoms with Crippen molar-refractivity contribution in [3.8, 4) is 21.6 Å². The molecule has 156 valence electrons. The Hall–Kier alpha value is -2.41. The molecule has 3 aromatic rings. The second kappa shape index (κ2) is 8.02. The molecule has 0 unspecified atom stereocenters. The number of carbonyl (C=O) groups is 1. The number of aliphatic hydroxyl groups is 1. The normalized spacial score (nSPS) is 14.0. The molecule has 0 spiro atoms. The summed E-state index contributed by atoms with van der Waals surface area (Å²) in [4.78, 5) is 18.5. The molecule has 4 rings (SSSR count). The topological polar surface area (TPSA) is 73.7 Å². The average Bonchev–Trinajstić information content (AvgIpc) is 3.42. The van der Waals surface area contributed by atoms with Gasteiger partial charge in [-0.1, -0.05) is 31.5 Å². The number of benzene rings is 1. The van der Waals surface area contributed by atoms with Crippen molar-refractivity contribution in [3.63, 3.8) is 0 Å². The van der Waals surface area contributed by atoms with Gasteiger partial charge in [-0.3, -0.25) is 9.88 Å². The number of rotatable bonds is 6. The van der Waals surface area contributed by atoms with Crippen molar-refractivity contribution < 1.29 is 15.0 Å². The summed E-state index contributed by atoms with van der Waals surface area (Å²) in [6.45, 7) is 3.94. The molecule has 1 aromatic carbocycles. The molecule has 1 aliphatic rings. The van der Waals surface area contributed by atoms with Gasteiger partial charge in [-0.25, -0.2) is 4.79 Å². The highest BCUT2D eigenvalue weighted by molar-refractivity contribution is 7.14. The number of aliphatic hydroxyl groups excluding tert-OH is 1. The maximum Gasteiger partial charge on any atom is 0.412 e. The molecule has 1 saturated carbocycles. The minimum absolute atomic E-state index is 0.0231. The number of carboxylic acid groups (broad SMARTS) is 1. The van der Waals surface area contributed by atoms with Crippen molar-refractivity contribution in [2.75, 3.05) is 11.5 Å². The lowest BCUT2D eigenvalue weighted by Gasteiger charge is -2.21. The standard InChI is InChI=1S/C23H23ClN2O3S/c1-23(2,13-27)21-10-14(7-8-25-21)20-9-15(12-30-20)18-6-5-17(11-19(18)24)26(22(28)29)16-3-4-16/h5-12,16,27H,3-4,13H2,1-2H3,(H,28,29). The van der Waals surface area contributed by atoms with Gasteiger partial charge in [-0.15, -0.1) is 11.3 Å². The molecule has 2 N–H and O–H groups in total. The van der Waals surface area contributed by atoms with Gasteiger partial charge in [-0.2, -0.15) is 0 Å². The molecule has 0 saturated heterocycles. The van der Waals surface area contributed by atoms with Crippen molar-refractivity contribution in [2.24, 2.45) is 0 Å². The van der Waals surface area contributed by atoms with E-state index in [9.17, 15) is 15.0 Å². The van der Waals surface area contributed by atoms with Gasteiger partial charge in [0, 0.05) is 39.5 Å². The lowest BCUT2D eigenvalue weighted by molar-refractivity contribution is 0.201. The van der Waals surface area contributed by atoms with E-state index in [0.29, 0.717) is 10.7 Å². The fourth-order valence-corrected chi connectivity index (χ4v) is 4.55. The number of nitrogens with zero attached hydrogens (tertiary/aromatic N) is 2. The highest BCUT2D eigenvalue weighted by Gasteiger charge is 2.34. The molecule has 1 fully saturated rings. The predicted octanol–water partition coefficient (Wildman–Crippen LogP) is 6.05. The van der Waals surface area contributed by atoms with Crippen molar-refractivity contribution in [1.82, 2.24) is 4.98 Å². The smallest absolute Gasteiger partial charge is 0.412 e. The second-order valence-electron chi connectivity index (χ2n) is 8.22. The van der Waals surface area contributed by atoms with E-state index in [1.54, 1.807) is 23.6 Å². The van der Waals surface area contributed by atoms with E-state index >= 15 is 0 Å². The molecule has 1 aliphatic carbocycles. The summed E-state index contributed by atoms with van der Waals surface area (Å²) >= 11 is 8.15. The maximum atomic E-state index is 11.6. The van der Waals surface area contributed by atoms with Crippen LogP contribution in [0.1, 0.15) is 32.4 Å². The van der Waals surface area contributed by atoms with Crippen LogP contribution in [0.2, 0.25) is 5.02 Å². The van der Waals surface area contributed by atoms with Crippen LogP contribution in [0, 0.1) is 0 Å². The van der Waals surface area contributed by atoms with Gasteiger partial charge in [0.25, 0.3) is 0 Å². The maximum absolute atomic E-state index is 11.6. The Morgan fingerprint density at radius 3 is 2.63 bits per heavy atom. The zero-order valence-electron chi connectivity index (χ0n) is 16.8. The van der Waals surface area contributed by atoms with Crippen LogP contribution in [0.15, 0.2) is 48.0 Å². The van der Waals surface area contributed by atoms with Crippen LogP contribution in [0.5, 0.6) is 0 Å². The number of anilines is 1. The molecule has 30 heavy (non-hydrogen) atoms. The molecule has 7 heteroatoms. The highest BCUT2D eigenvalue weighted by Crippen LogP contribution is 2.39. The predicted molar refractivity (Wildman–Crippen MR) is 122 cm³/mol. The molecule has 0 bridgehead atoms. The Bertz CT molecular complexity index is 1090. The first-order chi connectivity index (χ1) is 14.3. The third-order valence-electron chi connectivity index (χ3n) is 5.39. The third-order valence-corrected chi connectivity index (χ3v) is 6.68. The molecule has 2 heterocycles. The fraction of sp³-hybridized carbons (Fsp3) is 0.304. The van der Waals surface area contributed by atoms with Gasteiger partial charge in [-0.05, 0) is 59.7 Å². The molecule has 0 radical (unpaired) electrons. The minimum Gasteiger partial charge on any atom is -0.465 e. The van der Waals surface area contributed by atoms with E-state index in [0.717, 1.165) is 40.1 Å². The van der Waals surface area contributed by atoms with Crippen LogP contribution in [-0.4, -0.2) is 33.9 Å². The van der Waals surface area contributed by atoms with E-state index in [1.807, 2.05) is 43.5 Å². The van der Waals surface area contributed by atoms with Crippen LogP contribution in [0.3, 0.4) is 0 Å². The Morgan fingerprint density at radius 2 is 2.00 bits per heavy atom. The van der Waals surface area contributed by atoms with Gasteiger partial charge in [0.05, 0.1) is 11.6 Å². The number of halogens is 1. The van der Waals surface area contributed by atoms with Gasteiger partial charge < -0.3 is 10.2 Å². The zero-order valence-corrected chi connectivity index (χ0v) is 18.4. The molecule has 2 aromatic heterocycles. The summed E-state index contributed by atoms with van der Waals surface area (Å²) in [6, 6.07) is 11.5. The molecule has 0 atom stereocenters. The lowest BCUT2D eigenvalue weighted by atomic mass is 9.89. The van der Waals surface area contributed by atoms with Crippen LogP contribution in [0.4, 0.5) is 10.5 Å². The average molecular weight is 443 g/mol. The number of thiophene rings is 1. The number of hydrogen-bond acceptors (Lipinski definition) is 4. The Kier molecular flexibility index (Phi) is 5.57. The van der Waals surface area contributed by atoms with Crippen LogP contribution >= 0.6 is 22.9 Å². The van der Waals surface area contributed by atoms with Crippen LogP contribution in [-0.2, 0) is 5.41 Å². The van der Waals surface area contributed by atoms with E-state index in [2.05, 4.69) is 11.1 Å². The van der Waals surface area contributed by atoms with Gasteiger partial charge in [0.15, 0.2) is 0 Å². The minimum atomic E-state index is -0.946. The summed E-state index contributed by atoms with van der Waals surface area (Å²) in [5.41, 5.74) is 3.94. The molecular weight excluding hydrogens is 420 g/mol. The largest absolute Gasteiger partial charge is 0.465 e. The van der Waals surface area contributed by atoms with Gasteiger partial charge in [0.2, 0.25) is 0 Å². The Balaban J connectivity index is 1.63. The quantitative estimate of drug-likeness (QED) is 0.487. The number of hydrogen-bond donors (Lipinski definition) is 2. The summed E-state index contributed by atoms with van der Waals surface area (Å²) in [5, 5.41) is 21.7. The van der Waals surface area contributed by atoms with E-state index in [-0.39, 0.29) is 12.6 Å². The van der Waals surface area contributed by atoms with Crippen molar-refractivity contribution in [1.29, 1.82) is 0 Å². The Morgan fingerprint density at radius 1 is 1.23 bits per heavy atom. The second-order valence-corrected chi connectivity index (χ2v) is 9.54. The summed E-state index contributed by atoms with van der Waals surface area (Å²) in [7, 11) is 0. The van der Waals surface area contributed by atoms with E-state index in [4.69, 9.17) is 11.6 Å². The van der Waals surface area contributed by atoms with Crippen molar-refractivity contribution >= 4 is 34.7 Å². The van der Waals surface area contributed by atoms with Crippen LogP contribution < -0.4 is 4.90 Å². The van der Waals surface area contributed by atoms with Gasteiger partial charge >= 0.3 is 6.09 Å². The van der Waals surface area contributed by atoms with Crippen molar-refractivity contribution in [2.45, 2.75) is 38.1 Å². The number of pyridine rings is 1. The zero-order chi connectivity index (χ0) is 21.5. The summed E-state index contributed by atoms with van der Waals surface area (Å²) in [5.74, 6) is 0. The lowest BCUT2D eigenvalue weighted by Crippen LogP contribution is -2.31. The SMILES string of the molecule is CC(C)(CO)c1cc(-c2cc(-c3ccc(N(C(=O)O)C4CC4)cc3Cl)cs2)ccn1. The number of amides is 1. The van der Waals surface area contributed by atoms with E-state index < -0.39 is 11.5 Å². The molecular formula is C23H23ClN2O3S. The first-order valence-electron chi connectivity index (χ1n) is 9.78. The molecule has 1 amide bonds. The first-order valence-corrected chi connectivity index (χ1v) is 11.0. The van der Waals surface area contributed by atoms with Crippen LogP contribution in [0.25, 0.3) is 21.6 Å². The monoisotopic (exact) mass is 442 g/mol. The first kappa shape index (κ1) is 20.8. The summed E-state index contributed by atoms with van der Waals surface area (Å²) in [6.07, 6.45) is 2.60. The van der Waals surface area contributed by atoms with E-state index in [1.165, 1.54) is 4.90 Å².